The van der Waals surface area contributed by atoms with Gasteiger partial charge in [-0.25, -0.2) is 9.59 Å². The van der Waals surface area contributed by atoms with Gasteiger partial charge in [-0.3, -0.25) is 0 Å². The molecular weight excluding hydrogens is 250 g/mol. The van der Waals surface area contributed by atoms with Crippen LogP contribution in [0.1, 0.15) is 0 Å². The zero-order chi connectivity index (χ0) is 13.0. The first kappa shape index (κ1) is 14.3. The number of rotatable bonds is 2. The first-order chi connectivity index (χ1) is 6.99. The normalized spacial score (nSPS) is 12.6. The zero-order valence-electron chi connectivity index (χ0n) is 7.06. The number of hydrogen-bond acceptors (Lipinski definition) is 4. The molecule has 0 unspecified atom stereocenters. The second kappa shape index (κ2) is 4.86. The minimum atomic E-state index is -5.28. The van der Waals surface area contributed by atoms with Gasteiger partial charge in [-0.15, -0.1) is 26.3 Å². The van der Waals surface area contributed by atoms with Crippen LogP contribution in [-0.2, 0) is 19.1 Å². The van der Waals surface area contributed by atoms with E-state index in [1.165, 1.54) is 0 Å². The first-order valence-corrected chi connectivity index (χ1v) is 3.27. The van der Waals surface area contributed by atoms with Crippen LogP contribution < -0.4 is 0 Å². The van der Waals surface area contributed by atoms with Gasteiger partial charge in [0.2, 0.25) is 0 Å². The topological polar surface area (TPSA) is 52.6 Å². The van der Waals surface area contributed by atoms with Crippen molar-refractivity contribution in [3.63, 3.8) is 0 Å². The summed E-state index contributed by atoms with van der Waals surface area (Å²) in [5, 5.41) is 0. The number of carbonyl (C=O) groups is 2. The van der Waals surface area contributed by atoms with Crippen molar-refractivity contribution >= 4 is 11.9 Å². The highest BCUT2D eigenvalue weighted by molar-refractivity contribution is 5.91. The third-order valence-corrected chi connectivity index (χ3v) is 0.788. The molecule has 0 radical (unpaired) electrons. The number of esters is 2. The fourth-order valence-corrected chi connectivity index (χ4v) is 0.432. The summed E-state index contributed by atoms with van der Waals surface area (Å²) in [6.07, 6.45) is -10.9. The number of carbonyl (C=O) groups excluding carboxylic acids is 2. The minimum Gasteiger partial charge on any atom is -0.370 e. The minimum absolute atomic E-state index is 0.151. The highest BCUT2D eigenvalue weighted by Crippen LogP contribution is 2.17. The van der Waals surface area contributed by atoms with Crippen molar-refractivity contribution in [1.82, 2.24) is 0 Å². The average molecular weight is 252 g/mol. The lowest BCUT2D eigenvalue weighted by Gasteiger charge is -2.04. The second-order valence-corrected chi connectivity index (χ2v) is 2.07. The van der Waals surface area contributed by atoms with Gasteiger partial charge in [0.05, 0.1) is 0 Å². The van der Waals surface area contributed by atoms with E-state index in [1.54, 1.807) is 0 Å². The Morgan fingerprint density at radius 2 is 1.00 bits per heavy atom. The molecule has 0 aromatic rings. The maximum atomic E-state index is 11.3. The fraction of sp³-hybridized carbons (Fsp3) is 0.333. The van der Waals surface area contributed by atoms with E-state index < -0.39 is 24.7 Å². The van der Waals surface area contributed by atoms with Crippen molar-refractivity contribution < 1.29 is 45.4 Å². The summed E-state index contributed by atoms with van der Waals surface area (Å²) in [5.74, 6) is -4.10. The van der Waals surface area contributed by atoms with Gasteiger partial charge in [0.15, 0.2) is 0 Å². The molecular formula is C6H2F6O4. The van der Waals surface area contributed by atoms with Gasteiger partial charge < -0.3 is 9.47 Å². The number of hydrogen-bond donors (Lipinski definition) is 0. The number of alkyl halides is 6. The molecule has 0 aliphatic carbocycles. The second-order valence-electron chi connectivity index (χ2n) is 2.07. The molecule has 0 saturated carbocycles. The summed E-state index contributed by atoms with van der Waals surface area (Å²) < 4.78 is 73.4. The largest absolute Gasteiger partial charge is 0.575 e. The number of halogens is 6. The molecule has 0 saturated heterocycles. The van der Waals surface area contributed by atoms with Crippen molar-refractivity contribution in [2.45, 2.75) is 12.7 Å². The molecule has 0 aliphatic heterocycles. The zero-order valence-corrected chi connectivity index (χ0v) is 7.06. The van der Waals surface area contributed by atoms with Gasteiger partial charge in [0.1, 0.15) is 0 Å². The predicted molar refractivity (Wildman–Crippen MR) is 33.4 cm³/mol. The average Bonchev–Trinajstić information content (AvgIpc) is 1.94. The summed E-state index contributed by atoms with van der Waals surface area (Å²) in [5.41, 5.74) is 0. The molecule has 0 spiro atoms. The van der Waals surface area contributed by atoms with Gasteiger partial charge in [0.25, 0.3) is 0 Å². The van der Waals surface area contributed by atoms with E-state index in [0.29, 0.717) is 0 Å². The molecule has 0 aromatic heterocycles. The van der Waals surface area contributed by atoms with E-state index in [9.17, 15) is 35.9 Å². The summed E-state index contributed by atoms with van der Waals surface area (Å²) in [6.45, 7) is 0. The lowest BCUT2D eigenvalue weighted by Crippen LogP contribution is -2.19. The summed E-state index contributed by atoms with van der Waals surface area (Å²) >= 11 is 0. The Bertz CT molecular complexity index is 271. The van der Waals surface area contributed by atoms with Crippen molar-refractivity contribution in [2.24, 2.45) is 0 Å². The summed E-state index contributed by atoms with van der Waals surface area (Å²) in [4.78, 5) is 20.4. The third-order valence-electron chi connectivity index (χ3n) is 0.788. The van der Waals surface area contributed by atoms with Gasteiger partial charge in [-0.2, -0.15) is 0 Å². The molecule has 0 heterocycles. The maximum absolute atomic E-state index is 11.3. The molecule has 0 amide bonds. The summed E-state index contributed by atoms with van der Waals surface area (Å²) in [7, 11) is 0. The molecule has 16 heavy (non-hydrogen) atoms. The molecule has 0 atom stereocenters. The molecule has 0 N–H and O–H groups in total. The van der Waals surface area contributed by atoms with Crippen molar-refractivity contribution in [1.29, 1.82) is 0 Å². The van der Waals surface area contributed by atoms with Gasteiger partial charge >= 0.3 is 24.7 Å². The Morgan fingerprint density at radius 3 is 1.19 bits per heavy atom. The van der Waals surface area contributed by atoms with E-state index in [1.807, 2.05) is 0 Å². The van der Waals surface area contributed by atoms with Crippen LogP contribution in [-0.4, -0.2) is 24.7 Å². The Labute approximate surface area is 83.4 Å². The van der Waals surface area contributed by atoms with Crippen LogP contribution >= 0.6 is 0 Å². The Morgan fingerprint density at radius 1 is 0.750 bits per heavy atom. The van der Waals surface area contributed by atoms with E-state index in [2.05, 4.69) is 9.47 Å². The third kappa shape index (κ3) is 8.84. The highest BCUT2D eigenvalue weighted by atomic mass is 19.4. The van der Waals surface area contributed by atoms with E-state index >= 15 is 0 Å². The predicted octanol–water partition coefficient (Wildman–Crippen LogP) is 1.67. The molecule has 0 aliphatic rings. The molecule has 4 nitrogen and oxygen atoms in total. The van der Waals surface area contributed by atoms with Gasteiger partial charge in [0, 0.05) is 12.2 Å². The van der Waals surface area contributed by atoms with E-state index in [-0.39, 0.29) is 12.2 Å². The van der Waals surface area contributed by atoms with Crippen molar-refractivity contribution in [2.75, 3.05) is 0 Å². The quantitative estimate of drug-likeness (QED) is 0.426. The van der Waals surface area contributed by atoms with E-state index in [4.69, 9.17) is 0 Å². The van der Waals surface area contributed by atoms with Crippen molar-refractivity contribution in [3.05, 3.63) is 12.2 Å². The molecule has 0 rings (SSSR count). The Kier molecular flexibility index (Phi) is 4.33. The van der Waals surface area contributed by atoms with E-state index in [0.717, 1.165) is 0 Å². The SMILES string of the molecule is O=C(C=CC(=O)OC(F)(F)F)OC(F)(F)F. The molecule has 0 aromatic carbocycles. The Balaban J connectivity index is 4.20. The summed E-state index contributed by atoms with van der Waals surface area (Å²) in [6, 6.07) is 0. The lowest BCUT2D eigenvalue weighted by molar-refractivity contribution is -0.305. The molecule has 0 bridgehead atoms. The fourth-order valence-electron chi connectivity index (χ4n) is 0.432. The van der Waals surface area contributed by atoms with Crippen LogP contribution in [0.2, 0.25) is 0 Å². The van der Waals surface area contributed by atoms with Crippen LogP contribution in [0, 0.1) is 0 Å². The van der Waals surface area contributed by atoms with Crippen molar-refractivity contribution in [3.8, 4) is 0 Å². The monoisotopic (exact) mass is 252 g/mol. The lowest BCUT2D eigenvalue weighted by atomic mass is 10.5. The van der Waals surface area contributed by atoms with Gasteiger partial charge in [-0.05, 0) is 0 Å². The molecule has 0 fully saturated rings. The number of ether oxygens (including phenoxy) is 2. The Hall–Kier alpha value is -1.74. The van der Waals surface area contributed by atoms with Crippen LogP contribution in [0.15, 0.2) is 12.2 Å². The standard InChI is InChI=1S/C6H2F6O4/c7-5(8,9)15-3(13)1-2-4(14)16-6(10,11)12/h1-2H. The highest BCUT2D eigenvalue weighted by Gasteiger charge is 2.34. The van der Waals surface area contributed by atoms with Crippen LogP contribution in [0.5, 0.6) is 0 Å². The maximum Gasteiger partial charge on any atom is 0.575 e. The van der Waals surface area contributed by atoms with Crippen LogP contribution in [0.3, 0.4) is 0 Å². The van der Waals surface area contributed by atoms with Gasteiger partial charge in [-0.1, -0.05) is 0 Å². The molecule has 10 heteroatoms. The van der Waals surface area contributed by atoms with Crippen LogP contribution in [0.25, 0.3) is 0 Å². The smallest absolute Gasteiger partial charge is 0.370 e. The van der Waals surface area contributed by atoms with Crippen LogP contribution in [0.4, 0.5) is 26.3 Å². The first-order valence-electron chi connectivity index (χ1n) is 3.27. The molecule has 92 valence electrons.